The van der Waals surface area contributed by atoms with Gasteiger partial charge in [0.2, 0.25) is 0 Å². The van der Waals surface area contributed by atoms with Gasteiger partial charge in [0, 0.05) is 13.2 Å². The van der Waals surface area contributed by atoms with E-state index in [1.54, 1.807) is 30.1 Å². The van der Waals surface area contributed by atoms with Crippen LogP contribution in [0.4, 0.5) is 5.69 Å². The van der Waals surface area contributed by atoms with Gasteiger partial charge in [0.1, 0.15) is 0 Å². The van der Waals surface area contributed by atoms with Gasteiger partial charge in [0.15, 0.2) is 0 Å². The summed E-state index contributed by atoms with van der Waals surface area (Å²) in [6.07, 6.45) is 4.66. The Kier molecular flexibility index (Phi) is 1.51. The van der Waals surface area contributed by atoms with Gasteiger partial charge in [-0.1, -0.05) is 0 Å². The second-order valence-corrected chi connectivity index (χ2v) is 2.78. The fourth-order valence-electron chi connectivity index (χ4n) is 1.35. The largest absolute Gasteiger partial charge is 0.343 e. The predicted molar refractivity (Wildman–Crippen MR) is 47.4 cm³/mol. The first-order chi connectivity index (χ1) is 6.20. The zero-order chi connectivity index (χ0) is 9.42. The first-order valence-electron chi connectivity index (χ1n) is 3.73. The molecule has 0 aliphatic heterocycles. The van der Waals surface area contributed by atoms with Crippen LogP contribution in [0.2, 0.25) is 0 Å². The smallest absolute Gasteiger partial charge is 0.294 e. The van der Waals surface area contributed by atoms with Gasteiger partial charge in [-0.25, -0.2) is 0 Å². The van der Waals surface area contributed by atoms with Gasteiger partial charge in [-0.15, -0.1) is 0 Å². The Morgan fingerprint density at radius 1 is 1.62 bits per heavy atom. The van der Waals surface area contributed by atoms with E-state index in [4.69, 9.17) is 0 Å². The molecule has 0 fully saturated rings. The highest BCUT2D eigenvalue weighted by Crippen LogP contribution is 2.25. The molecule has 2 rings (SSSR count). The number of pyridine rings is 1. The van der Waals surface area contributed by atoms with Gasteiger partial charge in [0.25, 0.3) is 5.69 Å². The first-order valence-corrected chi connectivity index (χ1v) is 3.73. The van der Waals surface area contributed by atoms with Gasteiger partial charge >= 0.3 is 0 Å². The van der Waals surface area contributed by atoms with Crippen molar-refractivity contribution in [1.82, 2.24) is 9.55 Å². The lowest BCUT2D eigenvalue weighted by molar-refractivity contribution is -0.383. The van der Waals surface area contributed by atoms with Crippen molar-refractivity contribution < 1.29 is 4.92 Å². The van der Waals surface area contributed by atoms with Crippen LogP contribution in [0.15, 0.2) is 24.7 Å². The van der Waals surface area contributed by atoms with Crippen LogP contribution in [0.1, 0.15) is 0 Å². The van der Waals surface area contributed by atoms with E-state index < -0.39 is 0 Å². The summed E-state index contributed by atoms with van der Waals surface area (Å²) in [5, 5.41) is 11.2. The number of fused-ring (bicyclic) bond motifs is 1. The fourth-order valence-corrected chi connectivity index (χ4v) is 1.35. The van der Waals surface area contributed by atoms with Crippen molar-refractivity contribution in [1.29, 1.82) is 0 Å². The highest BCUT2D eigenvalue weighted by atomic mass is 16.6. The standard InChI is InChI=1S/C8H7N3O2/c1-10-5-8(11(12)13)6-2-3-9-4-7(6)10/h2-5H,1H3. The molecular formula is C8H7N3O2. The predicted octanol–water partition coefficient (Wildman–Crippen LogP) is 1.48. The third-order valence-electron chi connectivity index (χ3n) is 1.97. The lowest BCUT2D eigenvalue weighted by Crippen LogP contribution is -1.85. The summed E-state index contributed by atoms with van der Waals surface area (Å²) in [6.45, 7) is 0. The molecule has 0 saturated carbocycles. The number of rotatable bonds is 1. The summed E-state index contributed by atoms with van der Waals surface area (Å²) in [7, 11) is 1.76. The van der Waals surface area contributed by atoms with E-state index in [9.17, 15) is 10.1 Å². The Labute approximate surface area is 73.8 Å². The second-order valence-electron chi connectivity index (χ2n) is 2.78. The first kappa shape index (κ1) is 7.72. The van der Waals surface area contributed by atoms with E-state index in [0.29, 0.717) is 5.39 Å². The zero-order valence-electron chi connectivity index (χ0n) is 6.97. The molecule has 66 valence electrons. The van der Waals surface area contributed by atoms with Crippen molar-refractivity contribution in [3.8, 4) is 0 Å². The molecule has 0 aliphatic rings. The molecule has 0 atom stereocenters. The quantitative estimate of drug-likeness (QED) is 0.489. The van der Waals surface area contributed by atoms with Crippen LogP contribution >= 0.6 is 0 Å². The molecule has 0 N–H and O–H groups in total. The molecule has 0 aliphatic carbocycles. The molecule has 5 nitrogen and oxygen atoms in total. The Morgan fingerprint density at radius 3 is 3.08 bits per heavy atom. The van der Waals surface area contributed by atoms with Gasteiger partial charge in [0.05, 0.1) is 28.2 Å². The number of nitro groups is 1. The van der Waals surface area contributed by atoms with Crippen molar-refractivity contribution in [2.75, 3.05) is 0 Å². The molecule has 0 radical (unpaired) electrons. The highest BCUT2D eigenvalue weighted by Gasteiger charge is 2.14. The summed E-state index contributed by atoms with van der Waals surface area (Å²) in [6, 6.07) is 1.65. The average Bonchev–Trinajstić information content (AvgIpc) is 2.45. The lowest BCUT2D eigenvalue weighted by atomic mass is 10.3. The maximum Gasteiger partial charge on any atom is 0.294 e. The molecule has 5 heteroatoms. The normalized spacial score (nSPS) is 10.5. The average molecular weight is 177 g/mol. The number of aryl methyl sites for hydroxylation is 1. The van der Waals surface area contributed by atoms with E-state index in [2.05, 4.69) is 4.98 Å². The van der Waals surface area contributed by atoms with Gasteiger partial charge in [-0.2, -0.15) is 0 Å². The van der Waals surface area contributed by atoms with Crippen molar-refractivity contribution in [2.24, 2.45) is 7.05 Å². The number of hydrogen-bond donors (Lipinski definition) is 0. The van der Waals surface area contributed by atoms with Crippen LogP contribution in [-0.4, -0.2) is 14.5 Å². The molecule has 13 heavy (non-hydrogen) atoms. The Bertz CT molecular complexity index is 475. The van der Waals surface area contributed by atoms with E-state index >= 15 is 0 Å². The molecule has 0 spiro atoms. The van der Waals surface area contributed by atoms with Gasteiger partial charge < -0.3 is 4.57 Å². The molecule has 0 aromatic carbocycles. The summed E-state index contributed by atoms with van der Waals surface area (Å²) in [4.78, 5) is 14.1. The van der Waals surface area contributed by atoms with Crippen molar-refractivity contribution >= 4 is 16.6 Å². The van der Waals surface area contributed by atoms with Gasteiger partial charge in [-0.3, -0.25) is 15.1 Å². The SMILES string of the molecule is Cn1cc([N+](=O)[O-])c2ccncc21. The zero-order valence-corrected chi connectivity index (χ0v) is 6.97. The molecule has 2 heterocycles. The fraction of sp³-hybridized carbons (Fsp3) is 0.125. The van der Waals surface area contributed by atoms with Crippen LogP contribution < -0.4 is 0 Å². The van der Waals surface area contributed by atoms with E-state index in [1.165, 1.54) is 6.20 Å². The summed E-state index contributed by atoms with van der Waals surface area (Å²) >= 11 is 0. The summed E-state index contributed by atoms with van der Waals surface area (Å²) < 4.78 is 1.69. The molecule has 0 saturated heterocycles. The van der Waals surface area contributed by atoms with Crippen molar-refractivity contribution in [3.05, 3.63) is 34.8 Å². The molecule has 2 aromatic rings. The minimum Gasteiger partial charge on any atom is -0.343 e. The number of aromatic nitrogens is 2. The highest BCUT2D eigenvalue weighted by molar-refractivity contribution is 5.88. The van der Waals surface area contributed by atoms with Crippen LogP contribution in [-0.2, 0) is 7.05 Å². The minimum absolute atomic E-state index is 0.125. The lowest BCUT2D eigenvalue weighted by Gasteiger charge is -1.90. The van der Waals surface area contributed by atoms with E-state index in [1.807, 2.05) is 0 Å². The monoisotopic (exact) mass is 177 g/mol. The molecule has 0 unspecified atom stereocenters. The molecule has 0 bridgehead atoms. The topological polar surface area (TPSA) is 61.0 Å². The van der Waals surface area contributed by atoms with E-state index in [-0.39, 0.29) is 10.6 Å². The van der Waals surface area contributed by atoms with Crippen molar-refractivity contribution in [3.63, 3.8) is 0 Å². The van der Waals surface area contributed by atoms with Crippen LogP contribution in [0.5, 0.6) is 0 Å². The third-order valence-corrected chi connectivity index (χ3v) is 1.97. The molecular weight excluding hydrogens is 170 g/mol. The minimum atomic E-state index is -0.387. The van der Waals surface area contributed by atoms with Crippen LogP contribution in [0.25, 0.3) is 10.9 Å². The number of hydrogen-bond acceptors (Lipinski definition) is 3. The van der Waals surface area contributed by atoms with Crippen LogP contribution in [0, 0.1) is 10.1 Å². The Morgan fingerprint density at radius 2 is 2.38 bits per heavy atom. The van der Waals surface area contributed by atoms with Crippen molar-refractivity contribution in [2.45, 2.75) is 0 Å². The third kappa shape index (κ3) is 1.05. The summed E-state index contributed by atoms with van der Waals surface area (Å²) in [5.41, 5.74) is 0.897. The maximum absolute atomic E-state index is 10.6. The maximum atomic E-state index is 10.6. The second kappa shape index (κ2) is 2.55. The van der Waals surface area contributed by atoms with Crippen LogP contribution in [0.3, 0.4) is 0 Å². The Balaban J connectivity index is 2.85. The van der Waals surface area contributed by atoms with Gasteiger partial charge in [-0.05, 0) is 6.07 Å². The number of nitrogens with zero attached hydrogens (tertiary/aromatic N) is 3. The summed E-state index contributed by atoms with van der Waals surface area (Å²) in [5.74, 6) is 0. The molecule has 0 amide bonds. The van der Waals surface area contributed by atoms with E-state index in [0.717, 1.165) is 5.52 Å². The Hall–Kier alpha value is -1.91. The molecule has 2 aromatic heterocycles.